The molecule has 2 heteroatoms. The van der Waals surface area contributed by atoms with E-state index >= 15 is 0 Å². The summed E-state index contributed by atoms with van der Waals surface area (Å²) < 4.78 is 6.92. The van der Waals surface area contributed by atoms with Crippen LogP contribution in [-0.2, 0) is 0 Å². The van der Waals surface area contributed by atoms with Crippen molar-refractivity contribution in [3.63, 3.8) is 0 Å². The standard InChI is InChI=1S/C23H29BrO/c1-2-3-7-16-25-23-15-14-21(17-22(23)24)20-12-10-19(11-13-20)18-8-5-4-6-9-18/h10-15,17-18H,2-9,16H2,1H3. The molecule has 3 rings (SSSR count). The van der Waals surface area contributed by atoms with Gasteiger partial charge in [0.2, 0.25) is 0 Å². The van der Waals surface area contributed by atoms with Crippen molar-refractivity contribution in [2.75, 3.05) is 6.61 Å². The Labute approximate surface area is 160 Å². The highest BCUT2D eigenvalue weighted by Crippen LogP contribution is 2.35. The van der Waals surface area contributed by atoms with Crippen molar-refractivity contribution in [1.82, 2.24) is 0 Å². The maximum atomic E-state index is 5.88. The van der Waals surface area contributed by atoms with Crippen LogP contribution in [0.25, 0.3) is 11.1 Å². The van der Waals surface area contributed by atoms with Gasteiger partial charge in [0.1, 0.15) is 5.75 Å². The molecule has 25 heavy (non-hydrogen) atoms. The molecule has 0 heterocycles. The van der Waals surface area contributed by atoms with Crippen LogP contribution >= 0.6 is 15.9 Å². The third-order valence-corrected chi connectivity index (χ3v) is 5.88. The number of hydrogen-bond acceptors (Lipinski definition) is 1. The zero-order valence-electron chi connectivity index (χ0n) is 15.3. The van der Waals surface area contributed by atoms with Crippen LogP contribution in [0.3, 0.4) is 0 Å². The average Bonchev–Trinajstić information content (AvgIpc) is 2.67. The fourth-order valence-electron chi connectivity index (χ4n) is 3.72. The molecule has 0 unspecified atom stereocenters. The Morgan fingerprint density at radius 2 is 1.64 bits per heavy atom. The van der Waals surface area contributed by atoms with Gasteiger partial charge >= 0.3 is 0 Å². The first-order valence-corrected chi connectivity index (χ1v) is 10.6. The second-order valence-electron chi connectivity index (χ2n) is 7.16. The molecule has 1 aliphatic rings. The zero-order valence-corrected chi connectivity index (χ0v) is 16.9. The Kier molecular flexibility index (Phi) is 6.98. The normalized spacial score (nSPS) is 15.3. The molecule has 1 nitrogen and oxygen atoms in total. The molecule has 134 valence electrons. The molecular formula is C23H29BrO. The second kappa shape index (κ2) is 9.43. The zero-order chi connectivity index (χ0) is 17.5. The summed E-state index contributed by atoms with van der Waals surface area (Å²) in [7, 11) is 0. The van der Waals surface area contributed by atoms with E-state index < -0.39 is 0 Å². The van der Waals surface area contributed by atoms with E-state index in [0.29, 0.717) is 0 Å². The molecule has 0 N–H and O–H groups in total. The largest absolute Gasteiger partial charge is 0.492 e. The minimum absolute atomic E-state index is 0.772. The van der Waals surface area contributed by atoms with E-state index in [1.165, 1.54) is 61.6 Å². The van der Waals surface area contributed by atoms with E-state index in [0.717, 1.165) is 29.2 Å². The molecule has 2 aromatic carbocycles. The van der Waals surface area contributed by atoms with Gasteiger partial charge in [-0.1, -0.05) is 69.4 Å². The Morgan fingerprint density at radius 3 is 2.32 bits per heavy atom. The molecular weight excluding hydrogens is 372 g/mol. The summed E-state index contributed by atoms with van der Waals surface area (Å²) in [6.45, 7) is 3.01. The highest BCUT2D eigenvalue weighted by molar-refractivity contribution is 9.10. The van der Waals surface area contributed by atoms with Gasteiger partial charge in [-0.15, -0.1) is 0 Å². The van der Waals surface area contributed by atoms with Gasteiger partial charge in [-0.2, -0.15) is 0 Å². The minimum atomic E-state index is 0.772. The lowest BCUT2D eigenvalue weighted by molar-refractivity contribution is 0.304. The lowest BCUT2D eigenvalue weighted by atomic mass is 9.84. The summed E-state index contributed by atoms with van der Waals surface area (Å²) in [5.41, 5.74) is 4.03. The Hall–Kier alpha value is -1.28. The number of unbranched alkanes of at least 4 members (excludes halogenated alkanes) is 2. The molecule has 0 aliphatic heterocycles. The topological polar surface area (TPSA) is 9.23 Å². The number of rotatable bonds is 7. The van der Waals surface area contributed by atoms with Gasteiger partial charge in [0.05, 0.1) is 11.1 Å². The maximum absolute atomic E-state index is 5.88. The van der Waals surface area contributed by atoms with Gasteiger partial charge in [0, 0.05) is 0 Å². The van der Waals surface area contributed by atoms with Crippen LogP contribution in [-0.4, -0.2) is 6.61 Å². The van der Waals surface area contributed by atoms with Gasteiger partial charge in [-0.3, -0.25) is 0 Å². The van der Waals surface area contributed by atoms with Crippen molar-refractivity contribution >= 4 is 15.9 Å². The molecule has 0 saturated heterocycles. The number of hydrogen-bond donors (Lipinski definition) is 0. The van der Waals surface area contributed by atoms with Crippen molar-refractivity contribution in [1.29, 1.82) is 0 Å². The van der Waals surface area contributed by atoms with Crippen molar-refractivity contribution in [3.05, 3.63) is 52.5 Å². The fourth-order valence-corrected chi connectivity index (χ4v) is 4.21. The molecule has 0 amide bonds. The monoisotopic (exact) mass is 400 g/mol. The Morgan fingerprint density at radius 1 is 0.920 bits per heavy atom. The Balaban J connectivity index is 1.66. The molecule has 1 aliphatic carbocycles. The summed E-state index contributed by atoms with van der Waals surface area (Å²) in [5, 5.41) is 0. The molecule has 0 aromatic heterocycles. The third-order valence-electron chi connectivity index (χ3n) is 5.26. The number of ether oxygens (including phenoxy) is 1. The lowest BCUT2D eigenvalue weighted by Crippen LogP contribution is -2.04. The van der Waals surface area contributed by atoms with E-state index in [9.17, 15) is 0 Å². The van der Waals surface area contributed by atoms with Crippen LogP contribution in [0.5, 0.6) is 5.75 Å². The van der Waals surface area contributed by atoms with Gasteiger partial charge in [-0.05, 0) is 69.9 Å². The van der Waals surface area contributed by atoms with Gasteiger partial charge < -0.3 is 4.74 Å². The lowest BCUT2D eigenvalue weighted by Gasteiger charge is -2.22. The summed E-state index contributed by atoms with van der Waals surface area (Å²) in [6.07, 6.45) is 10.5. The molecule has 0 bridgehead atoms. The summed E-state index contributed by atoms with van der Waals surface area (Å²) in [4.78, 5) is 0. The fraction of sp³-hybridized carbons (Fsp3) is 0.478. The van der Waals surface area contributed by atoms with Crippen molar-refractivity contribution in [2.24, 2.45) is 0 Å². The predicted octanol–water partition coefficient (Wildman–Crippen LogP) is 7.73. The highest BCUT2D eigenvalue weighted by atomic mass is 79.9. The van der Waals surface area contributed by atoms with Gasteiger partial charge in [-0.25, -0.2) is 0 Å². The summed E-state index contributed by atoms with van der Waals surface area (Å²) >= 11 is 3.67. The minimum Gasteiger partial charge on any atom is -0.492 e. The first-order chi connectivity index (χ1) is 12.3. The van der Waals surface area contributed by atoms with E-state index in [4.69, 9.17) is 4.74 Å². The van der Waals surface area contributed by atoms with E-state index in [1.54, 1.807) is 0 Å². The van der Waals surface area contributed by atoms with Crippen LogP contribution < -0.4 is 4.74 Å². The third kappa shape index (κ3) is 5.10. The van der Waals surface area contributed by atoms with E-state index in [2.05, 4.69) is 65.3 Å². The molecule has 1 saturated carbocycles. The summed E-state index contributed by atoms with van der Waals surface area (Å²) in [6, 6.07) is 15.6. The van der Waals surface area contributed by atoms with Crippen LogP contribution in [0.2, 0.25) is 0 Å². The maximum Gasteiger partial charge on any atom is 0.133 e. The van der Waals surface area contributed by atoms with Crippen LogP contribution in [0.1, 0.15) is 69.8 Å². The first kappa shape index (κ1) is 18.5. The van der Waals surface area contributed by atoms with Crippen LogP contribution in [0.4, 0.5) is 0 Å². The van der Waals surface area contributed by atoms with E-state index in [-0.39, 0.29) is 0 Å². The van der Waals surface area contributed by atoms with Crippen LogP contribution in [0, 0.1) is 0 Å². The predicted molar refractivity (Wildman–Crippen MR) is 110 cm³/mol. The quantitative estimate of drug-likeness (QED) is 0.431. The molecule has 0 spiro atoms. The molecule has 1 fully saturated rings. The second-order valence-corrected chi connectivity index (χ2v) is 8.01. The smallest absolute Gasteiger partial charge is 0.133 e. The Bertz CT molecular complexity index is 656. The molecule has 0 radical (unpaired) electrons. The van der Waals surface area contributed by atoms with Crippen molar-refractivity contribution in [2.45, 2.75) is 64.2 Å². The van der Waals surface area contributed by atoms with Crippen molar-refractivity contribution in [3.8, 4) is 16.9 Å². The van der Waals surface area contributed by atoms with Gasteiger partial charge in [0.15, 0.2) is 0 Å². The first-order valence-electron chi connectivity index (χ1n) is 9.80. The average molecular weight is 401 g/mol. The summed E-state index contributed by atoms with van der Waals surface area (Å²) in [5.74, 6) is 1.71. The van der Waals surface area contributed by atoms with E-state index in [1.807, 2.05) is 0 Å². The highest BCUT2D eigenvalue weighted by Gasteiger charge is 2.15. The number of benzene rings is 2. The number of halogens is 1. The van der Waals surface area contributed by atoms with Gasteiger partial charge in [0.25, 0.3) is 0 Å². The van der Waals surface area contributed by atoms with Crippen molar-refractivity contribution < 1.29 is 4.74 Å². The molecule has 2 aromatic rings. The molecule has 0 atom stereocenters. The SMILES string of the molecule is CCCCCOc1ccc(-c2ccc(C3CCCCC3)cc2)cc1Br. The van der Waals surface area contributed by atoms with Crippen LogP contribution in [0.15, 0.2) is 46.9 Å².